The predicted octanol–water partition coefficient (Wildman–Crippen LogP) is 4.37. The fraction of sp³-hybridized carbons (Fsp3) is 0.412. The molecule has 0 radical (unpaired) electrons. The number of rotatable bonds is 8. The van der Waals surface area contributed by atoms with Crippen molar-refractivity contribution in [3.8, 4) is 5.75 Å². The van der Waals surface area contributed by atoms with E-state index in [1.54, 1.807) is 7.11 Å². The van der Waals surface area contributed by atoms with Crippen molar-refractivity contribution in [3.05, 3.63) is 53.9 Å². The van der Waals surface area contributed by atoms with Gasteiger partial charge in [0.1, 0.15) is 5.75 Å². The number of hydrogen-bond donors (Lipinski definition) is 1. The summed E-state index contributed by atoms with van der Waals surface area (Å²) in [5.74, 6) is 0.940. The van der Waals surface area contributed by atoms with E-state index in [0.29, 0.717) is 0 Å². The Morgan fingerprint density at radius 1 is 0.895 bits per heavy atom. The Morgan fingerprint density at radius 3 is 2.26 bits per heavy atom. The van der Waals surface area contributed by atoms with Gasteiger partial charge in [-0.25, -0.2) is 0 Å². The maximum absolute atomic E-state index is 5.16. The van der Waals surface area contributed by atoms with Crippen LogP contribution in [0, 0.1) is 0 Å². The lowest BCUT2D eigenvalue weighted by molar-refractivity contribution is 0.414. The summed E-state index contributed by atoms with van der Waals surface area (Å²) < 4.78 is 5.16. The average Bonchev–Trinajstić information content (AvgIpc) is 2.96. The first-order valence-electron chi connectivity index (χ1n) is 7.13. The molecule has 0 unspecified atom stereocenters. The average molecular weight is 257 g/mol. The molecule has 0 aliphatic heterocycles. The topological polar surface area (TPSA) is 25.0 Å². The highest BCUT2D eigenvalue weighted by atomic mass is 16.5. The molecule has 0 spiro atoms. The standard InChI is InChI=1S/C17H23NO/c1-19-17-12-10-15(11-13-17)7-4-2-3-5-8-16-9-6-14-18-16/h6,9-14,18H,2-5,7-8H2,1H3. The van der Waals surface area contributed by atoms with Crippen LogP contribution < -0.4 is 4.74 Å². The molecule has 0 bridgehead atoms. The molecule has 2 nitrogen and oxygen atoms in total. The van der Waals surface area contributed by atoms with Gasteiger partial charge in [0, 0.05) is 11.9 Å². The molecule has 0 amide bonds. The second-order valence-corrected chi connectivity index (χ2v) is 4.96. The van der Waals surface area contributed by atoms with Crippen molar-refractivity contribution in [2.75, 3.05) is 7.11 Å². The number of aromatic amines is 1. The van der Waals surface area contributed by atoms with Crippen LogP contribution in [0.1, 0.15) is 36.9 Å². The zero-order valence-electron chi connectivity index (χ0n) is 11.7. The van der Waals surface area contributed by atoms with Crippen LogP contribution in [0.5, 0.6) is 5.75 Å². The molecule has 0 aliphatic rings. The molecule has 2 heteroatoms. The molecule has 1 aromatic carbocycles. The molecule has 0 atom stereocenters. The van der Waals surface area contributed by atoms with E-state index in [0.717, 1.165) is 5.75 Å². The number of ether oxygens (including phenoxy) is 1. The van der Waals surface area contributed by atoms with Gasteiger partial charge in [0.25, 0.3) is 0 Å². The van der Waals surface area contributed by atoms with Gasteiger partial charge in [-0.1, -0.05) is 25.0 Å². The van der Waals surface area contributed by atoms with Crippen LogP contribution in [-0.2, 0) is 12.8 Å². The number of aryl methyl sites for hydroxylation is 2. The summed E-state index contributed by atoms with van der Waals surface area (Å²) in [6, 6.07) is 12.6. The molecule has 0 fully saturated rings. The molecule has 2 aromatic rings. The zero-order valence-corrected chi connectivity index (χ0v) is 11.7. The lowest BCUT2D eigenvalue weighted by atomic mass is 10.0. The number of hydrogen-bond acceptors (Lipinski definition) is 1. The summed E-state index contributed by atoms with van der Waals surface area (Å²) in [5.41, 5.74) is 2.76. The predicted molar refractivity (Wildman–Crippen MR) is 79.7 cm³/mol. The van der Waals surface area contributed by atoms with Crippen molar-refractivity contribution in [3.63, 3.8) is 0 Å². The Bertz CT molecular complexity index is 445. The summed E-state index contributed by atoms with van der Waals surface area (Å²) >= 11 is 0. The van der Waals surface area contributed by atoms with Crippen molar-refractivity contribution < 1.29 is 4.74 Å². The van der Waals surface area contributed by atoms with Gasteiger partial charge in [-0.3, -0.25) is 0 Å². The second kappa shape index (κ2) is 7.67. The van der Waals surface area contributed by atoms with Crippen LogP contribution in [0.3, 0.4) is 0 Å². The number of nitrogens with one attached hydrogen (secondary N) is 1. The lowest BCUT2D eigenvalue weighted by Gasteiger charge is -2.04. The third kappa shape index (κ3) is 4.82. The minimum atomic E-state index is 0.940. The van der Waals surface area contributed by atoms with Crippen LogP contribution in [0.2, 0.25) is 0 Å². The first-order chi connectivity index (χ1) is 9.38. The third-order valence-electron chi connectivity index (χ3n) is 3.48. The van der Waals surface area contributed by atoms with E-state index < -0.39 is 0 Å². The van der Waals surface area contributed by atoms with Crippen molar-refractivity contribution in [2.24, 2.45) is 0 Å². The van der Waals surface area contributed by atoms with Crippen molar-refractivity contribution >= 4 is 0 Å². The fourth-order valence-corrected chi connectivity index (χ4v) is 2.31. The van der Waals surface area contributed by atoms with Crippen molar-refractivity contribution in [2.45, 2.75) is 38.5 Å². The minimum absolute atomic E-state index is 0.940. The number of H-pyrrole nitrogens is 1. The highest BCUT2D eigenvalue weighted by Crippen LogP contribution is 2.14. The van der Waals surface area contributed by atoms with Crippen LogP contribution in [-0.4, -0.2) is 12.1 Å². The minimum Gasteiger partial charge on any atom is -0.497 e. The van der Waals surface area contributed by atoms with E-state index in [2.05, 4.69) is 29.2 Å². The van der Waals surface area contributed by atoms with Gasteiger partial charge in [0.15, 0.2) is 0 Å². The molecule has 2 rings (SSSR count). The first kappa shape index (κ1) is 13.7. The summed E-state index contributed by atoms with van der Waals surface area (Å²) in [6.07, 6.45) is 9.53. The van der Waals surface area contributed by atoms with Gasteiger partial charge in [-0.15, -0.1) is 0 Å². The monoisotopic (exact) mass is 257 g/mol. The molecule has 19 heavy (non-hydrogen) atoms. The summed E-state index contributed by atoms with van der Waals surface area (Å²) in [4.78, 5) is 3.25. The van der Waals surface area contributed by atoms with E-state index in [9.17, 15) is 0 Å². The number of benzene rings is 1. The van der Waals surface area contributed by atoms with Crippen LogP contribution in [0.25, 0.3) is 0 Å². The molecule has 0 saturated carbocycles. The quantitative estimate of drug-likeness (QED) is 0.698. The molecular weight excluding hydrogens is 234 g/mol. The largest absolute Gasteiger partial charge is 0.497 e. The fourth-order valence-electron chi connectivity index (χ4n) is 2.31. The maximum Gasteiger partial charge on any atom is 0.118 e. The van der Waals surface area contributed by atoms with Gasteiger partial charge in [-0.2, -0.15) is 0 Å². The molecular formula is C17H23NO. The Kier molecular flexibility index (Phi) is 5.54. The van der Waals surface area contributed by atoms with Gasteiger partial charge in [0.2, 0.25) is 0 Å². The van der Waals surface area contributed by atoms with Crippen LogP contribution in [0.4, 0.5) is 0 Å². The van der Waals surface area contributed by atoms with Crippen molar-refractivity contribution in [1.29, 1.82) is 0 Å². The van der Waals surface area contributed by atoms with Crippen LogP contribution >= 0.6 is 0 Å². The van der Waals surface area contributed by atoms with E-state index in [1.165, 1.54) is 49.8 Å². The van der Waals surface area contributed by atoms with Gasteiger partial charge < -0.3 is 9.72 Å². The SMILES string of the molecule is COc1ccc(CCCCCCc2ccc[nH]2)cc1. The van der Waals surface area contributed by atoms with E-state index >= 15 is 0 Å². The molecule has 102 valence electrons. The summed E-state index contributed by atoms with van der Waals surface area (Å²) in [7, 11) is 1.71. The number of aromatic nitrogens is 1. The normalized spacial score (nSPS) is 10.6. The van der Waals surface area contributed by atoms with Crippen molar-refractivity contribution in [1.82, 2.24) is 4.98 Å². The van der Waals surface area contributed by atoms with E-state index in [-0.39, 0.29) is 0 Å². The molecule has 0 saturated heterocycles. The summed E-state index contributed by atoms with van der Waals surface area (Å²) in [5, 5.41) is 0. The van der Waals surface area contributed by atoms with E-state index in [4.69, 9.17) is 4.74 Å². The maximum atomic E-state index is 5.16. The van der Waals surface area contributed by atoms with Gasteiger partial charge in [-0.05, 0) is 55.5 Å². The smallest absolute Gasteiger partial charge is 0.118 e. The Hall–Kier alpha value is -1.70. The first-order valence-corrected chi connectivity index (χ1v) is 7.13. The van der Waals surface area contributed by atoms with Crippen LogP contribution in [0.15, 0.2) is 42.6 Å². The highest BCUT2D eigenvalue weighted by Gasteiger charge is 1.96. The molecule has 1 heterocycles. The third-order valence-corrected chi connectivity index (χ3v) is 3.48. The molecule has 0 aliphatic carbocycles. The lowest BCUT2D eigenvalue weighted by Crippen LogP contribution is -1.89. The Morgan fingerprint density at radius 2 is 1.63 bits per heavy atom. The Balaban J connectivity index is 1.56. The number of methoxy groups -OCH3 is 1. The highest BCUT2D eigenvalue weighted by molar-refractivity contribution is 5.27. The molecule has 1 N–H and O–H groups in total. The number of unbranched alkanes of at least 4 members (excludes halogenated alkanes) is 3. The van der Waals surface area contributed by atoms with E-state index in [1.807, 2.05) is 18.3 Å². The Labute approximate surface area is 115 Å². The zero-order chi connectivity index (χ0) is 13.3. The molecule has 1 aromatic heterocycles. The van der Waals surface area contributed by atoms with Gasteiger partial charge >= 0.3 is 0 Å². The van der Waals surface area contributed by atoms with Gasteiger partial charge in [0.05, 0.1) is 7.11 Å². The second-order valence-electron chi connectivity index (χ2n) is 4.96. The summed E-state index contributed by atoms with van der Waals surface area (Å²) in [6.45, 7) is 0.